The monoisotopic (exact) mass is 603 g/mol. The SMILES string of the molecule is CC(C)(C)S(=O)(=O)c1cc2c(Nc3ccc4scnc4c3)ccnc2cc1OCCOCCOCCOCC(=O)O. The Bertz CT molecular complexity index is 1600. The van der Waals surface area contributed by atoms with Crippen molar-refractivity contribution in [2.24, 2.45) is 0 Å². The van der Waals surface area contributed by atoms with Gasteiger partial charge in [-0.15, -0.1) is 11.3 Å². The Balaban J connectivity index is 1.46. The number of rotatable bonds is 15. The summed E-state index contributed by atoms with van der Waals surface area (Å²) in [5.74, 6) is -0.827. The van der Waals surface area contributed by atoms with E-state index in [-0.39, 0.29) is 50.3 Å². The van der Waals surface area contributed by atoms with Crippen molar-refractivity contribution in [1.29, 1.82) is 0 Å². The molecule has 220 valence electrons. The van der Waals surface area contributed by atoms with Gasteiger partial charge in [-0.1, -0.05) is 0 Å². The van der Waals surface area contributed by atoms with Crippen molar-refractivity contribution in [3.63, 3.8) is 0 Å². The van der Waals surface area contributed by atoms with Crippen LogP contribution in [0.2, 0.25) is 0 Å². The van der Waals surface area contributed by atoms with Crippen LogP contribution in [0.5, 0.6) is 5.75 Å². The van der Waals surface area contributed by atoms with E-state index in [1.807, 2.05) is 18.2 Å². The molecule has 4 rings (SSSR count). The molecule has 2 aromatic carbocycles. The van der Waals surface area contributed by atoms with Gasteiger partial charge in [-0.3, -0.25) is 4.98 Å². The maximum atomic E-state index is 13.6. The van der Waals surface area contributed by atoms with Crippen molar-refractivity contribution in [1.82, 2.24) is 9.97 Å². The molecule has 2 N–H and O–H groups in total. The molecule has 0 fully saturated rings. The Labute approximate surface area is 242 Å². The van der Waals surface area contributed by atoms with Crippen LogP contribution < -0.4 is 10.1 Å². The molecule has 0 atom stereocenters. The van der Waals surface area contributed by atoms with Crippen molar-refractivity contribution >= 4 is 59.6 Å². The standard InChI is InChI=1S/C28H33N3O8S2/c1-28(2,3)41(34,35)26-15-20-21(31-19-4-5-25-23(14-19)30-18-40-25)6-7-29-22(20)16-24(26)39-13-12-37-9-8-36-10-11-38-17-27(32)33/h4-7,14-16,18H,8-13,17H2,1-3H3,(H,29,31)(H,32,33). The van der Waals surface area contributed by atoms with Gasteiger partial charge in [0.25, 0.3) is 0 Å². The molecule has 41 heavy (non-hydrogen) atoms. The smallest absolute Gasteiger partial charge is 0.329 e. The summed E-state index contributed by atoms with van der Waals surface area (Å²) in [4.78, 5) is 19.3. The molecule has 0 aliphatic rings. The number of carboxylic acids is 1. The Morgan fingerprint density at radius 2 is 1.63 bits per heavy atom. The number of carbonyl (C=O) groups is 1. The molecular formula is C28H33N3O8S2. The number of hydrogen-bond acceptors (Lipinski definition) is 11. The minimum Gasteiger partial charge on any atom is -0.490 e. The third kappa shape index (κ3) is 7.89. The van der Waals surface area contributed by atoms with E-state index < -0.39 is 20.6 Å². The number of benzene rings is 2. The predicted octanol–water partition coefficient (Wildman–Crippen LogP) is 4.67. The molecule has 0 aliphatic carbocycles. The number of sulfone groups is 1. The molecule has 2 heterocycles. The highest BCUT2D eigenvalue weighted by molar-refractivity contribution is 7.92. The fourth-order valence-corrected chi connectivity index (χ4v) is 5.79. The normalized spacial score (nSPS) is 12.2. The molecular weight excluding hydrogens is 570 g/mol. The first-order chi connectivity index (χ1) is 19.6. The molecule has 0 aliphatic heterocycles. The van der Waals surface area contributed by atoms with Crippen LogP contribution in [0.4, 0.5) is 11.4 Å². The maximum absolute atomic E-state index is 13.6. The Kier molecular flexibility index (Phi) is 10.1. The summed E-state index contributed by atoms with van der Waals surface area (Å²) in [7, 11) is -3.78. The highest BCUT2D eigenvalue weighted by atomic mass is 32.2. The van der Waals surface area contributed by atoms with Crippen LogP contribution in [0.25, 0.3) is 21.1 Å². The van der Waals surface area contributed by atoms with Gasteiger partial charge in [-0.25, -0.2) is 18.2 Å². The molecule has 0 saturated heterocycles. The lowest BCUT2D eigenvalue weighted by Gasteiger charge is -2.22. The molecule has 0 radical (unpaired) electrons. The molecule has 0 spiro atoms. The van der Waals surface area contributed by atoms with Gasteiger partial charge >= 0.3 is 5.97 Å². The summed E-state index contributed by atoms with van der Waals surface area (Å²) in [6, 6.07) is 10.9. The number of aliphatic carboxylic acids is 1. The van der Waals surface area contributed by atoms with E-state index in [0.717, 1.165) is 15.9 Å². The summed E-state index contributed by atoms with van der Waals surface area (Å²) < 4.78 is 48.9. The first-order valence-corrected chi connectivity index (χ1v) is 15.3. The third-order valence-corrected chi connectivity index (χ3v) is 9.29. The van der Waals surface area contributed by atoms with Crippen LogP contribution in [0.1, 0.15) is 20.8 Å². The number of nitrogens with zero attached hydrogens (tertiary/aromatic N) is 2. The zero-order valence-electron chi connectivity index (χ0n) is 23.1. The minimum absolute atomic E-state index is 0.0770. The molecule has 0 amide bonds. The van der Waals surface area contributed by atoms with Crippen molar-refractivity contribution in [2.75, 3.05) is 51.6 Å². The summed E-state index contributed by atoms with van der Waals surface area (Å²) in [5, 5.41) is 12.5. The lowest BCUT2D eigenvalue weighted by atomic mass is 10.1. The topological polar surface area (TPSA) is 146 Å². The van der Waals surface area contributed by atoms with E-state index in [4.69, 9.17) is 24.1 Å². The van der Waals surface area contributed by atoms with E-state index >= 15 is 0 Å². The summed E-state index contributed by atoms with van der Waals surface area (Å²) in [6.45, 7) is 5.92. The Morgan fingerprint density at radius 1 is 0.927 bits per heavy atom. The third-order valence-electron chi connectivity index (χ3n) is 5.97. The van der Waals surface area contributed by atoms with E-state index in [0.29, 0.717) is 23.2 Å². The molecule has 0 saturated carbocycles. The largest absolute Gasteiger partial charge is 0.490 e. The van der Waals surface area contributed by atoms with Gasteiger partial charge < -0.3 is 29.4 Å². The second kappa shape index (κ2) is 13.5. The van der Waals surface area contributed by atoms with Crippen molar-refractivity contribution in [2.45, 2.75) is 30.4 Å². The maximum Gasteiger partial charge on any atom is 0.329 e. The predicted molar refractivity (Wildman–Crippen MR) is 157 cm³/mol. The van der Waals surface area contributed by atoms with Gasteiger partial charge in [-0.05, 0) is 51.1 Å². The number of hydrogen-bond donors (Lipinski definition) is 2. The number of fused-ring (bicyclic) bond motifs is 2. The lowest BCUT2D eigenvalue weighted by molar-refractivity contribution is -0.142. The van der Waals surface area contributed by atoms with Gasteiger partial charge in [0.1, 0.15) is 23.9 Å². The number of nitrogens with one attached hydrogen (secondary N) is 1. The van der Waals surface area contributed by atoms with Crippen LogP contribution in [-0.4, -0.2) is 80.5 Å². The van der Waals surface area contributed by atoms with Crippen molar-refractivity contribution in [3.05, 3.63) is 48.1 Å². The van der Waals surface area contributed by atoms with Gasteiger partial charge in [0.2, 0.25) is 0 Å². The van der Waals surface area contributed by atoms with E-state index in [1.54, 1.807) is 62.0 Å². The molecule has 13 heteroatoms. The van der Waals surface area contributed by atoms with Gasteiger partial charge in [0.05, 0.1) is 59.0 Å². The van der Waals surface area contributed by atoms with E-state index in [1.165, 1.54) is 0 Å². The van der Waals surface area contributed by atoms with Crippen LogP contribution >= 0.6 is 11.3 Å². The summed E-state index contributed by atoms with van der Waals surface area (Å²) in [6.07, 6.45) is 1.66. The van der Waals surface area contributed by atoms with Crippen LogP contribution in [-0.2, 0) is 28.8 Å². The highest BCUT2D eigenvalue weighted by Crippen LogP contribution is 2.38. The molecule has 11 nitrogen and oxygen atoms in total. The molecule has 0 unspecified atom stereocenters. The van der Waals surface area contributed by atoms with Crippen LogP contribution in [0, 0.1) is 0 Å². The number of pyridine rings is 1. The van der Waals surface area contributed by atoms with E-state index in [2.05, 4.69) is 15.3 Å². The summed E-state index contributed by atoms with van der Waals surface area (Å²) in [5.41, 5.74) is 4.78. The molecule has 0 bridgehead atoms. The number of thiazole rings is 1. The fourth-order valence-electron chi connectivity index (χ4n) is 3.82. The van der Waals surface area contributed by atoms with Crippen molar-refractivity contribution < 1.29 is 37.3 Å². The number of anilines is 2. The first-order valence-electron chi connectivity index (χ1n) is 12.9. The zero-order valence-corrected chi connectivity index (χ0v) is 24.7. The number of carboxylic acid groups (broad SMARTS) is 1. The minimum atomic E-state index is -3.78. The van der Waals surface area contributed by atoms with Gasteiger partial charge in [0.15, 0.2) is 9.84 Å². The van der Waals surface area contributed by atoms with Crippen LogP contribution in [0.15, 0.2) is 53.0 Å². The number of aromatic nitrogens is 2. The average molecular weight is 604 g/mol. The lowest BCUT2D eigenvalue weighted by Crippen LogP contribution is -2.28. The highest BCUT2D eigenvalue weighted by Gasteiger charge is 2.34. The first kappa shape index (κ1) is 30.6. The fraction of sp³-hybridized carbons (Fsp3) is 0.393. The second-order valence-corrected chi connectivity index (χ2v) is 13.5. The van der Waals surface area contributed by atoms with Gasteiger partial charge in [-0.2, -0.15) is 0 Å². The summed E-state index contributed by atoms with van der Waals surface area (Å²) >= 11 is 1.56. The molecule has 2 aromatic heterocycles. The quantitative estimate of drug-likeness (QED) is 0.183. The Morgan fingerprint density at radius 3 is 2.34 bits per heavy atom. The Hall–Kier alpha value is -3.36. The second-order valence-electron chi connectivity index (χ2n) is 9.97. The average Bonchev–Trinajstić information content (AvgIpc) is 3.38. The van der Waals surface area contributed by atoms with Crippen molar-refractivity contribution in [3.8, 4) is 5.75 Å². The van der Waals surface area contributed by atoms with Crippen LogP contribution in [0.3, 0.4) is 0 Å². The van der Waals surface area contributed by atoms with E-state index in [9.17, 15) is 13.2 Å². The van der Waals surface area contributed by atoms with Gasteiger partial charge in [0, 0.05) is 29.0 Å². The zero-order chi connectivity index (χ0) is 29.5. The number of ether oxygens (including phenoxy) is 4. The molecule has 4 aromatic rings.